The van der Waals surface area contributed by atoms with E-state index in [9.17, 15) is 14.7 Å². The molecule has 1 atom stereocenters. The fraction of sp³-hybridized carbons (Fsp3) is 0.368. The monoisotopic (exact) mass is 358 g/mol. The molecule has 0 spiro atoms. The molecule has 0 radical (unpaired) electrons. The lowest BCUT2D eigenvalue weighted by Gasteiger charge is -2.24. The summed E-state index contributed by atoms with van der Waals surface area (Å²) in [6, 6.07) is 9.33. The fourth-order valence-corrected chi connectivity index (χ4v) is 3.25. The van der Waals surface area contributed by atoms with Crippen molar-refractivity contribution in [2.24, 2.45) is 0 Å². The average molecular weight is 358 g/mol. The van der Waals surface area contributed by atoms with Gasteiger partial charge in [0.15, 0.2) is 0 Å². The number of fused-ring (bicyclic) bond motifs is 1. The van der Waals surface area contributed by atoms with Crippen molar-refractivity contribution >= 4 is 28.4 Å². The molecule has 0 fully saturated rings. The summed E-state index contributed by atoms with van der Waals surface area (Å²) < 4.78 is 5.24. The molecule has 0 saturated heterocycles. The number of amides is 1. The highest BCUT2D eigenvalue weighted by molar-refractivity contribution is 6.24. The molecule has 3 N–H and O–H groups in total. The van der Waals surface area contributed by atoms with E-state index >= 15 is 0 Å². The number of cyclic esters (lactones) is 1. The summed E-state index contributed by atoms with van der Waals surface area (Å²) in [5.41, 5.74) is 3.32. The van der Waals surface area contributed by atoms with Crippen LogP contribution >= 0.6 is 0 Å². The van der Waals surface area contributed by atoms with Gasteiger partial charge in [-0.1, -0.05) is 38.0 Å². The zero-order valence-electron chi connectivity index (χ0n) is 14.8. The van der Waals surface area contributed by atoms with Crippen molar-refractivity contribution in [1.29, 1.82) is 0 Å². The normalized spacial score (nSPS) is 19.9. The van der Waals surface area contributed by atoms with Gasteiger partial charge in [-0.25, -0.2) is 10.3 Å². The van der Waals surface area contributed by atoms with E-state index in [-0.39, 0.29) is 17.6 Å². The second kappa shape index (κ2) is 7.31. The summed E-state index contributed by atoms with van der Waals surface area (Å²) in [7, 11) is 1.27. The number of carbonyl (C=O) groups excluding carboxylic acids is 2. The first-order chi connectivity index (χ1) is 12.5. The minimum Gasteiger partial charge on any atom is -0.425 e. The molecule has 3 rings (SSSR count). The molecule has 2 aromatic rings. The quantitative estimate of drug-likeness (QED) is 0.305. The molecule has 1 amide bonds. The Morgan fingerprint density at radius 1 is 1.35 bits per heavy atom. The number of hydroxylamine groups is 1. The van der Waals surface area contributed by atoms with Gasteiger partial charge in [-0.3, -0.25) is 9.63 Å². The van der Waals surface area contributed by atoms with Crippen LogP contribution in [0.5, 0.6) is 0 Å². The zero-order chi connectivity index (χ0) is 18.7. The van der Waals surface area contributed by atoms with E-state index in [2.05, 4.69) is 15.3 Å². The Balaban J connectivity index is 2.12. The fourth-order valence-electron chi connectivity index (χ4n) is 3.25. The van der Waals surface area contributed by atoms with E-state index in [0.29, 0.717) is 12.1 Å². The number of aromatic amines is 1. The van der Waals surface area contributed by atoms with Gasteiger partial charge in [-0.15, -0.1) is 0 Å². The smallest absolute Gasteiger partial charge is 0.347 e. The van der Waals surface area contributed by atoms with Gasteiger partial charge in [0.2, 0.25) is 5.79 Å². The van der Waals surface area contributed by atoms with Gasteiger partial charge in [0.1, 0.15) is 5.57 Å². The van der Waals surface area contributed by atoms with Crippen LogP contribution in [0.3, 0.4) is 0 Å². The Morgan fingerprint density at radius 3 is 2.81 bits per heavy atom. The molecule has 1 unspecified atom stereocenters. The number of H-pyrrole nitrogens is 1. The van der Waals surface area contributed by atoms with E-state index in [1.54, 1.807) is 6.07 Å². The summed E-state index contributed by atoms with van der Waals surface area (Å²) in [5.74, 6) is -3.47. The molecule has 1 aromatic carbocycles. The van der Waals surface area contributed by atoms with Crippen LogP contribution in [0.4, 0.5) is 0 Å². The van der Waals surface area contributed by atoms with Crippen LogP contribution in [0.2, 0.25) is 0 Å². The topological polar surface area (TPSA) is 101 Å². The number of aliphatic hydroxyl groups is 1. The average Bonchev–Trinajstić information content (AvgIpc) is 3.13. The molecule has 0 aliphatic carbocycles. The van der Waals surface area contributed by atoms with E-state index in [1.807, 2.05) is 31.2 Å². The molecule has 0 saturated carbocycles. The summed E-state index contributed by atoms with van der Waals surface area (Å²) in [5, 5.41) is 12.0. The third kappa shape index (κ3) is 3.23. The summed E-state index contributed by atoms with van der Waals surface area (Å²) >= 11 is 0. The Hall–Kier alpha value is -2.64. The van der Waals surface area contributed by atoms with Crippen molar-refractivity contribution in [1.82, 2.24) is 10.5 Å². The van der Waals surface area contributed by atoms with E-state index in [4.69, 9.17) is 4.74 Å². The largest absolute Gasteiger partial charge is 0.425 e. The van der Waals surface area contributed by atoms with Gasteiger partial charge in [0.25, 0.3) is 5.91 Å². The van der Waals surface area contributed by atoms with E-state index in [0.717, 1.165) is 23.7 Å². The van der Waals surface area contributed by atoms with Crippen LogP contribution in [0, 0.1) is 0 Å². The first kappa shape index (κ1) is 18.2. The van der Waals surface area contributed by atoms with Crippen LogP contribution in [0.1, 0.15) is 38.3 Å². The number of nitrogens with one attached hydrogen (secondary N) is 2. The first-order valence-electron chi connectivity index (χ1n) is 8.62. The van der Waals surface area contributed by atoms with Gasteiger partial charge in [0, 0.05) is 11.9 Å². The van der Waals surface area contributed by atoms with Crippen LogP contribution in [-0.4, -0.2) is 34.9 Å². The molecule has 2 heterocycles. The number of para-hydroxylation sites is 1. The summed E-state index contributed by atoms with van der Waals surface area (Å²) in [6.07, 6.45) is 2.69. The lowest BCUT2D eigenvalue weighted by molar-refractivity contribution is -0.178. The minimum atomic E-state index is -1.85. The highest BCUT2D eigenvalue weighted by Gasteiger charge is 2.49. The van der Waals surface area contributed by atoms with Gasteiger partial charge >= 0.3 is 5.97 Å². The van der Waals surface area contributed by atoms with Crippen LogP contribution < -0.4 is 5.48 Å². The van der Waals surface area contributed by atoms with Gasteiger partial charge < -0.3 is 14.8 Å². The number of unbranched alkanes of at least 4 members (excludes halogenated alkanes) is 2. The second-order valence-corrected chi connectivity index (χ2v) is 6.29. The number of hydrogen-bond acceptors (Lipinski definition) is 5. The molecule has 26 heavy (non-hydrogen) atoms. The number of ether oxygens (including phenoxy) is 1. The van der Waals surface area contributed by atoms with Gasteiger partial charge in [-0.2, -0.15) is 0 Å². The van der Waals surface area contributed by atoms with Crippen LogP contribution in [0.15, 0.2) is 35.9 Å². The predicted molar refractivity (Wildman–Crippen MR) is 95.6 cm³/mol. The Labute approximate surface area is 150 Å². The third-order valence-electron chi connectivity index (χ3n) is 4.45. The molecule has 7 nitrogen and oxygen atoms in total. The SMILES string of the molecule is CCCCCC1(O)OC(=O)C(C(=O)NOC)=C1c1cc2ccccc2[nH]1. The number of carbonyl (C=O) groups is 2. The molecule has 7 heteroatoms. The van der Waals surface area contributed by atoms with Gasteiger partial charge in [-0.05, 0) is 23.9 Å². The highest BCUT2D eigenvalue weighted by Crippen LogP contribution is 2.42. The highest BCUT2D eigenvalue weighted by atomic mass is 16.7. The minimum absolute atomic E-state index is 0.143. The van der Waals surface area contributed by atoms with Crippen LogP contribution in [0.25, 0.3) is 16.5 Å². The maximum absolute atomic E-state index is 12.4. The third-order valence-corrected chi connectivity index (χ3v) is 4.45. The van der Waals surface area contributed by atoms with Crippen molar-refractivity contribution in [3.05, 3.63) is 41.6 Å². The number of rotatable bonds is 7. The first-order valence-corrected chi connectivity index (χ1v) is 8.62. The van der Waals surface area contributed by atoms with Crippen molar-refractivity contribution in [2.75, 3.05) is 7.11 Å². The number of benzene rings is 1. The lowest BCUT2D eigenvalue weighted by atomic mass is 9.94. The van der Waals surface area contributed by atoms with E-state index < -0.39 is 17.7 Å². The van der Waals surface area contributed by atoms with Crippen molar-refractivity contribution in [3.63, 3.8) is 0 Å². The Morgan fingerprint density at radius 2 is 2.12 bits per heavy atom. The number of hydrogen-bond donors (Lipinski definition) is 3. The van der Waals surface area contributed by atoms with Crippen LogP contribution in [-0.2, 0) is 19.2 Å². The zero-order valence-corrected chi connectivity index (χ0v) is 14.8. The van der Waals surface area contributed by atoms with Crippen molar-refractivity contribution < 1.29 is 24.3 Å². The maximum Gasteiger partial charge on any atom is 0.347 e. The van der Waals surface area contributed by atoms with Crippen molar-refractivity contribution in [3.8, 4) is 0 Å². The molecule has 1 aliphatic rings. The Kier molecular flexibility index (Phi) is 5.11. The number of aromatic nitrogens is 1. The summed E-state index contributed by atoms with van der Waals surface area (Å²) in [6.45, 7) is 2.04. The number of esters is 1. The lowest BCUT2D eigenvalue weighted by Crippen LogP contribution is -2.31. The molecular weight excluding hydrogens is 336 g/mol. The standard InChI is InChI=1S/C19H22N2O5/c1-3-4-7-10-19(24)16(15(18(23)26-19)17(22)21-25-2)14-11-12-8-5-6-9-13(12)20-14/h5-6,8-9,11,20,24H,3-4,7,10H2,1-2H3,(H,21,22). The van der Waals surface area contributed by atoms with Gasteiger partial charge in [0.05, 0.1) is 18.4 Å². The molecule has 138 valence electrons. The molecular formula is C19H22N2O5. The predicted octanol–water partition coefficient (Wildman–Crippen LogP) is 2.42. The molecule has 1 aliphatic heterocycles. The second-order valence-electron chi connectivity index (χ2n) is 6.29. The Bertz CT molecular complexity index is 837. The maximum atomic E-state index is 12.4. The van der Waals surface area contributed by atoms with Crippen molar-refractivity contribution in [2.45, 2.75) is 38.4 Å². The molecule has 0 bridgehead atoms. The van der Waals surface area contributed by atoms with E-state index in [1.165, 1.54) is 7.11 Å². The summed E-state index contributed by atoms with van der Waals surface area (Å²) in [4.78, 5) is 32.5. The molecule has 1 aromatic heterocycles.